The molecule has 5 nitrogen and oxygen atoms in total. The summed E-state index contributed by atoms with van der Waals surface area (Å²) in [6.07, 6.45) is 0.108. The molecule has 0 unspecified atom stereocenters. The maximum absolute atomic E-state index is 13.7. The van der Waals surface area contributed by atoms with Crippen molar-refractivity contribution in [2.75, 3.05) is 24.7 Å². The lowest BCUT2D eigenvalue weighted by Crippen LogP contribution is -2.19. The second kappa shape index (κ2) is 6.40. The highest BCUT2D eigenvalue weighted by Crippen LogP contribution is 2.98. The molecule has 160 valence electrons. The summed E-state index contributed by atoms with van der Waals surface area (Å²) in [4.78, 5) is 9.86. The first kappa shape index (κ1) is 21.5. The van der Waals surface area contributed by atoms with Crippen LogP contribution >= 0.6 is 9.84 Å². The second-order valence-corrected chi connectivity index (χ2v) is 10.6. The van der Waals surface area contributed by atoms with Crippen LogP contribution in [0.15, 0.2) is 47.4 Å². The fourth-order valence-electron chi connectivity index (χ4n) is 3.13. The Morgan fingerprint density at radius 2 is 1.93 bits per heavy atom. The van der Waals surface area contributed by atoms with Gasteiger partial charge in [-0.05, 0) is 23.8 Å². The van der Waals surface area contributed by atoms with Crippen LogP contribution in [0.5, 0.6) is 5.75 Å². The molecule has 2 aromatic rings. The van der Waals surface area contributed by atoms with E-state index in [0.717, 1.165) is 12.1 Å². The van der Waals surface area contributed by atoms with Crippen LogP contribution in [0, 0.1) is 11.3 Å². The molecular weight excluding hydrogens is 422 g/mol. The minimum atomic E-state index is -8.29. The number of nitrogens with one attached hydrogen (secondary N) is 1. The average molecular weight is 441 g/mol. The van der Waals surface area contributed by atoms with E-state index in [0.29, 0.717) is 58.9 Å². The molecule has 10 heteroatoms. The number of primary amides is 1. The molecule has 0 aliphatic carbocycles. The number of carbonyl (C=O) groups is 1. The second-order valence-electron chi connectivity index (χ2n) is 7.19. The van der Waals surface area contributed by atoms with Gasteiger partial charge in [0.2, 0.25) is 5.91 Å². The molecule has 1 aliphatic heterocycles. The number of benzene rings is 2. The van der Waals surface area contributed by atoms with Crippen LogP contribution in [0.3, 0.4) is 0 Å². The Bertz CT molecular complexity index is 1110. The molecule has 0 atom stereocenters. The number of halogens is 4. The summed E-state index contributed by atoms with van der Waals surface area (Å²) in [6.45, 7) is 3.83. The van der Waals surface area contributed by atoms with E-state index in [9.17, 15) is 25.6 Å². The summed E-state index contributed by atoms with van der Waals surface area (Å²) in [5, 5.41) is 12.5. The van der Waals surface area contributed by atoms with Crippen LogP contribution < -0.4 is 15.8 Å². The number of nitriles is 1. The van der Waals surface area contributed by atoms with Gasteiger partial charge in [-0.1, -0.05) is 18.7 Å². The van der Waals surface area contributed by atoms with Crippen LogP contribution in [0.4, 0.5) is 21.2 Å². The highest BCUT2D eigenvalue weighted by Gasteiger charge is 2.59. The smallest absolute Gasteiger partial charge is 0.245 e. The van der Waals surface area contributed by atoms with E-state index in [1.165, 1.54) is 0 Å². The molecule has 0 saturated heterocycles. The van der Waals surface area contributed by atoms with E-state index in [1.807, 2.05) is 0 Å². The zero-order valence-corrected chi connectivity index (χ0v) is 16.8. The van der Waals surface area contributed by atoms with E-state index in [-0.39, 0.29) is 18.4 Å². The van der Waals surface area contributed by atoms with Crippen molar-refractivity contribution in [3.63, 3.8) is 0 Å². The fourth-order valence-corrected chi connectivity index (χ4v) is 3.95. The molecule has 30 heavy (non-hydrogen) atoms. The van der Waals surface area contributed by atoms with E-state index in [4.69, 9.17) is 10.5 Å². The van der Waals surface area contributed by atoms with Crippen molar-refractivity contribution in [2.45, 2.75) is 11.3 Å². The summed E-state index contributed by atoms with van der Waals surface area (Å²) < 4.78 is 60.2. The lowest BCUT2D eigenvalue weighted by atomic mass is 9.95. The lowest BCUT2D eigenvalue weighted by molar-refractivity contribution is -0.114. The minimum Gasteiger partial charge on any atom is -0.492 e. The Balaban J connectivity index is 2.09. The average Bonchev–Trinajstić information content (AvgIpc) is 3.12. The summed E-state index contributed by atoms with van der Waals surface area (Å²) in [6, 6.07) is 7.33. The maximum atomic E-state index is 13.7. The Kier molecular flexibility index (Phi) is 4.59. The Hall–Kier alpha value is -3.19. The summed E-state index contributed by atoms with van der Waals surface area (Å²) in [5.74, 6) is -0.312. The SMILES string of the molecule is C=C(CNc1cc(-c2ccc(S(C)(F)(F)(F)F)cc2)c2c(c1C#N)CCO2)C(N)=O. The third kappa shape index (κ3) is 4.21. The van der Waals surface area contributed by atoms with E-state index < -0.39 is 20.6 Å². The molecule has 0 fully saturated rings. The van der Waals surface area contributed by atoms with Crippen LogP contribution in [0.2, 0.25) is 0 Å². The van der Waals surface area contributed by atoms with Gasteiger partial charge in [0.1, 0.15) is 11.8 Å². The highest BCUT2D eigenvalue weighted by molar-refractivity contribution is 8.49. The number of amides is 1. The van der Waals surface area contributed by atoms with Gasteiger partial charge >= 0.3 is 0 Å². The predicted molar refractivity (Wildman–Crippen MR) is 109 cm³/mol. The predicted octanol–water partition coefficient (Wildman–Crippen LogP) is 5.02. The molecule has 0 radical (unpaired) electrons. The van der Waals surface area contributed by atoms with Gasteiger partial charge in [0.05, 0.1) is 29.0 Å². The van der Waals surface area contributed by atoms with Crippen molar-refractivity contribution in [3.05, 3.63) is 53.6 Å². The van der Waals surface area contributed by atoms with E-state index in [2.05, 4.69) is 18.0 Å². The molecule has 3 rings (SSSR count). The number of fused-ring (bicyclic) bond motifs is 1. The van der Waals surface area contributed by atoms with Crippen molar-refractivity contribution in [1.29, 1.82) is 5.26 Å². The fraction of sp³-hybridized carbons (Fsp3) is 0.200. The first-order valence-electron chi connectivity index (χ1n) is 8.75. The lowest BCUT2D eigenvalue weighted by Gasteiger charge is -2.46. The number of nitrogens with zero attached hydrogens (tertiary/aromatic N) is 1. The molecule has 1 aliphatic rings. The molecular formula is C20H19F4N3O2S. The van der Waals surface area contributed by atoms with E-state index in [1.54, 1.807) is 6.07 Å². The van der Waals surface area contributed by atoms with Crippen molar-refractivity contribution < 1.29 is 25.1 Å². The molecule has 0 bridgehead atoms. The summed E-state index contributed by atoms with van der Waals surface area (Å²) in [7, 11) is -8.29. The summed E-state index contributed by atoms with van der Waals surface area (Å²) in [5.41, 5.74) is 7.33. The van der Waals surface area contributed by atoms with Gasteiger partial charge in [0, 0.05) is 29.7 Å². The van der Waals surface area contributed by atoms with Crippen molar-refractivity contribution in [3.8, 4) is 22.9 Å². The molecule has 0 aromatic heterocycles. The molecule has 1 amide bonds. The van der Waals surface area contributed by atoms with Crippen LogP contribution in [-0.2, 0) is 11.2 Å². The van der Waals surface area contributed by atoms with Gasteiger partial charge in [-0.3, -0.25) is 4.79 Å². The van der Waals surface area contributed by atoms with Gasteiger partial charge in [0.15, 0.2) is 9.84 Å². The van der Waals surface area contributed by atoms with Crippen molar-refractivity contribution in [1.82, 2.24) is 0 Å². The van der Waals surface area contributed by atoms with Crippen LogP contribution in [0.25, 0.3) is 11.1 Å². The van der Waals surface area contributed by atoms with Gasteiger partial charge in [-0.15, -0.1) is 15.5 Å². The first-order valence-corrected chi connectivity index (χ1v) is 11.2. The third-order valence-corrected chi connectivity index (χ3v) is 6.14. The van der Waals surface area contributed by atoms with Crippen molar-refractivity contribution >= 4 is 21.4 Å². The van der Waals surface area contributed by atoms with Gasteiger partial charge in [-0.25, -0.2) is 0 Å². The monoisotopic (exact) mass is 441 g/mol. The number of anilines is 1. The standard InChI is InChI=1S/C20H19F4N3O2S/c1-12(20(26)28)11-27-18-9-16(19-15(7-8-29-19)17(18)10-25)13-3-5-14(6-4-13)30(2,21,22,23)24/h3-6,9,27H,1,7-8,11H2,2H3,(H2,26,28). The topological polar surface area (TPSA) is 88.1 Å². The molecule has 0 saturated carbocycles. The molecule has 0 spiro atoms. The Labute approximate surface area is 170 Å². The molecule has 2 aromatic carbocycles. The third-order valence-electron chi connectivity index (χ3n) is 4.69. The minimum absolute atomic E-state index is 0.0137. The Morgan fingerprint density at radius 3 is 2.47 bits per heavy atom. The van der Waals surface area contributed by atoms with Crippen LogP contribution in [0.1, 0.15) is 11.1 Å². The largest absolute Gasteiger partial charge is 0.492 e. The number of hydrogen-bond donors (Lipinski definition) is 2. The zero-order chi connectivity index (χ0) is 22.4. The van der Waals surface area contributed by atoms with Gasteiger partial charge < -0.3 is 15.8 Å². The highest BCUT2D eigenvalue weighted by atomic mass is 32.5. The Morgan fingerprint density at radius 1 is 1.30 bits per heavy atom. The van der Waals surface area contributed by atoms with Gasteiger partial charge in [0.25, 0.3) is 0 Å². The number of carbonyl (C=O) groups excluding carboxylic acids is 1. The van der Waals surface area contributed by atoms with E-state index >= 15 is 0 Å². The summed E-state index contributed by atoms with van der Waals surface area (Å²) >= 11 is 0. The van der Waals surface area contributed by atoms with Crippen molar-refractivity contribution in [2.24, 2.45) is 5.73 Å². The quantitative estimate of drug-likeness (QED) is 0.487. The number of nitrogens with two attached hydrogens (primary N) is 1. The normalized spacial score (nSPS) is 15.2. The van der Waals surface area contributed by atoms with Crippen LogP contribution in [-0.4, -0.2) is 25.3 Å². The molecule has 3 N–H and O–H groups in total. The molecule has 1 heterocycles. The van der Waals surface area contributed by atoms with Gasteiger partial charge in [-0.2, -0.15) is 5.26 Å². The zero-order valence-electron chi connectivity index (χ0n) is 16.0. The number of hydrogen-bond acceptors (Lipinski definition) is 4. The first-order chi connectivity index (χ1) is 13.7. The number of ether oxygens (including phenoxy) is 1. The maximum Gasteiger partial charge on any atom is 0.245 e. The number of rotatable bonds is 6.